The first-order valence-corrected chi connectivity index (χ1v) is 7.05. The Balaban J connectivity index is 3.02. The Morgan fingerprint density at radius 3 is 2.45 bits per heavy atom. The standard InChI is InChI=1S/C13H24N4O3/c1-5-8-10-11(17(19)20)12(16(4)15-10)14-9-13(18,6-2)7-3/h14,18H,5-9H2,1-4H3. The largest absolute Gasteiger partial charge is 0.388 e. The molecule has 0 amide bonds. The van der Waals surface area contributed by atoms with Gasteiger partial charge in [0.05, 0.1) is 10.5 Å². The SMILES string of the molecule is CCCc1nn(C)c(NCC(O)(CC)CC)c1[N+](=O)[O-]. The Hall–Kier alpha value is -1.63. The molecule has 2 N–H and O–H groups in total. The molecule has 0 aliphatic rings. The van der Waals surface area contributed by atoms with E-state index in [-0.39, 0.29) is 12.2 Å². The first-order valence-electron chi connectivity index (χ1n) is 7.05. The lowest BCUT2D eigenvalue weighted by atomic mass is 9.98. The minimum absolute atomic E-state index is 0.0175. The third kappa shape index (κ3) is 3.47. The van der Waals surface area contributed by atoms with Crippen LogP contribution < -0.4 is 5.32 Å². The number of rotatable bonds is 8. The fourth-order valence-corrected chi connectivity index (χ4v) is 2.11. The minimum Gasteiger partial charge on any atom is -0.388 e. The van der Waals surface area contributed by atoms with Crippen LogP contribution in [0.3, 0.4) is 0 Å². The van der Waals surface area contributed by atoms with Crippen LogP contribution in [0, 0.1) is 10.1 Å². The van der Waals surface area contributed by atoms with Gasteiger partial charge >= 0.3 is 5.69 Å². The molecule has 114 valence electrons. The van der Waals surface area contributed by atoms with Crippen molar-refractivity contribution in [3.05, 3.63) is 15.8 Å². The third-order valence-corrected chi connectivity index (χ3v) is 3.66. The zero-order valence-corrected chi connectivity index (χ0v) is 12.6. The Morgan fingerprint density at radius 1 is 1.40 bits per heavy atom. The lowest BCUT2D eigenvalue weighted by molar-refractivity contribution is -0.384. The second-order valence-corrected chi connectivity index (χ2v) is 5.06. The van der Waals surface area contributed by atoms with E-state index in [9.17, 15) is 15.2 Å². The van der Waals surface area contributed by atoms with Crippen LogP contribution in [0.5, 0.6) is 0 Å². The fourth-order valence-electron chi connectivity index (χ4n) is 2.11. The maximum atomic E-state index is 11.2. The summed E-state index contributed by atoms with van der Waals surface area (Å²) in [5.41, 5.74) is -0.355. The van der Waals surface area contributed by atoms with Crippen molar-refractivity contribution in [3.63, 3.8) is 0 Å². The van der Waals surface area contributed by atoms with Gasteiger partial charge in [0.15, 0.2) is 0 Å². The highest BCUT2D eigenvalue weighted by Crippen LogP contribution is 2.29. The van der Waals surface area contributed by atoms with Gasteiger partial charge in [-0.05, 0) is 19.3 Å². The maximum absolute atomic E-state index is 11.2. The minimum atomic E-state index is -0.858. The third-order valence-electron chi connectivity index (χ3n) is 3.66. The van der Waals surface area contributed by atoms with Gasteiger partial charge in [-0.25, -0.2) is 4.68 Å². The van der Waals surface area contributed by atoms with Gasteiger partial charge in [0.1, 0.15) is 5.69 Å². The highest BCUT2D eigenvalue weighted by molar-refractivity contribution is 5.60. The van der Waals surface area contributed by atoms with Gasteiger partial charge in [-0.1, -0.05) is 27.2 Å². The number of hydrogen-bond acceptors (Lipinski definition) is 5. The van der Waals surface area contributed by atoms with E-state index in [4.69, 9.17) is 0 Å². The molecule has 0 radical (unpaired) electrons. The maximum Gasteiger partial charge on any atom is 0.333 e. The molecule has 7 heteroatoms. The molecular formula is C13H24N4O3. The number of nitrogens with one attached hydrogen (secondary N) is 1. The lowest BCUT2D eigenvalue weighted by Gasteiger charge is -2.25. The molecule has 0 saturated heterocycles. The first-order chi connectivity index (χ1) is 9.38. The Labute approximate surface area is 119 Å². The summed E-state index contributed by atoms with van der Waals surface area (Å²) in [5, 5.41) is 28.7. The predicted molar refractivity (Wildman–Crippen MR) is 77.9 cm³/mol. The molecular weight excluding hydrogens is 260 g/mol. The van der Waals surface area contributed by atoms with E-state index in [0.29, 0.717) is 30.8 Å². The van der Waals surface area contributed by atoms with Crippen LogP contribution in [-0.4, -0.2) is 32.0 Å². The van der Waals surface area contributed by atoms with Crippen LogP contribution in [0.2, 0.25) is 0 Å². The number of nitrogens with zero attached hydrogens (tertiary/aromatic N) is 3. The number of aromatic nitrogens is 2. The summed E-state index contributed by atoms with van der Waals surface area (Å²) in [6.45, 7) is 6.01. The number of hydrogen-bond donors (Lipinski definition) is 2. The van der Waals surface area contributed by atoms with Gasteiger partial charge in [-0.2, -0.15) is 5.10 Å². The van der Waals surface area contributed by atoms with Crippen LogP contribution in [0.1, 0.15) is 45.7 Å². The van der Waals surface area contributed by atoms with Crippen molar-refractivity contribution >= 4 is 11.5 Å². The Morgan fingerprint density at radius 2 is 2.00 bits per heavy atom. The number of anilines is 1. The molecule has 0 unspecified atom stereocenters. The van der Waals surface area contributed by atoms with Crippen LogP contribution in [0.4, 0.5) is 11.5 Å². The highest BCUT2D eigenvalue weighted by Gasteiger charge is 2.29. The Kier molecular flexibility index (Phi) is 5.50. The van der Waals surface area contributed by atoms with Crippen LogP contribution in [0.15, 0.2) is 0 Å². The molecule has 0 fully saturated rings. The summed E-state index contributed by atoms with van der Waals surface area (Å²) >= 11 is 0. The molecule has 7 nitrogen and oxygen atoms in total. The van der Waals surface area contributed by atoms with E-state index in [0.717, 1.165) is 6.42 Å². The lowest BCUT2D eigenvalue weighted by Crippen LogP contribution is -2.35. The molecule has 1 rings (SSSR count). The zero-order valence-electron chi connectivity index (χ0n) is 12.6. The molecule has 1 aromatic rings. The summed E-state index contributed by atoms with van der Waals surface area (Å²) < 4.78 is 1.48. The van der Waals surface area contributed by atoms with Crippen molar-refractivity contribution in [2.75, 3.05) is 11.9 Å². The molecule has 0 spiro atoms. The quantitative estimate of drug-likeness (QED) is 0.564. The molecule has 0 aliphatic carbocycles. The summed E-state index contributed by atoms with van der Waals surface area (Å²) in [6.07, 6.45) is 2.54. The van der Waals surface area contributed by atoms with Gasteiger partial charge in [0.25, 0.3) is 0 Å². The van der Waals surface area contributed by atoms with E-state index in [2.05, 4.69) is 10.4 Å². The van der Waals surface area contributed by atoms with E-state index < -0.39 is 10.5 Å². The topological polar surface area (TPSA) is 93.2 Å². The number of nitro groups is 1. The second kappa shape index (κ2) is 6.69. The van der Waals surface area contributed by atoms with Gasteiger partial charge in [-0.3, -0.25) is 10.1 Å². The van der Waals surface area contributed by atoms with Crippen LogP contribution in [-0.2, 0) is 13.5 Å². The van der Waals surface area contributed by atoms with Crippen molar-refractivity contribution in [1.29, 1.82) is 0 Å². The number of aryl methyl sites for hydroxylation is 2. The second-order valence-electron chi connectivity index (χ2n) is 5.06. The normalized spacial score (nSPS) is 11.7. The molecule has 1 aromatic heterocycles. The van der Waals surface area contributed by atoms with Crippen LogP contribution in [0.25, 0.3) is 0 Å². The van der Waals surface area contributed by atoms with E-state index in [1.54, 1.807) is 7.05 Å². The van der Waals surface area contributed by atoms with Gasteiger partial charge in [-0.15, -0.1) is 0 Å². The van der Waals surface area contributed by atoms with Crippen LogP contribution >= 0.6 is 0 Å². The zero-order chi connectivity index (χ0) is 15.3. The Bertz CT molecular complexity index is 466. The van der Waals surface area contributed by atoms with Gasteiger partial charge in [0, 0.05) is 13.6 Å². The molecule has 0 atom stereocenters. The molecule has 0 aliphatic heterocycles. The predicted octanol–water partition coefficient (Wildman–Crippen LogP) is 2.24. The van der Waals surface area contributed by atoms with E-state index >= 15 is 0 Å². The van der Waals surface area contributed by atoms with Crippen molar-refractivity contribution < 1.29 is 10.0 Å². The molecule has 0 bridgehead atoms. The average Bonchev–Trinajstić information content (AvgIpc) is 2.72. The highest BCUT2D eigenvalue weighted by atomic mass is 16.6. The van der Waals surface area contributed by atoms with Gasteiger partial charge in [0.2, 0.25) is 5.82 Å². The summed E-state index contributed by atoms with van der Waals surface area (Å²) in [4.78, 5) is 10.8. The summed E-state index contributed by atoms with van der Waals surface area (Å²) in [7, 11) is 1.67. The van der Waals surface area contributed by atoms with Crippen molar-refractivity contribution in [2.24, 2.45) is 7.05 Å². The summed E-state index contributed by atoms with van der Waals surface area (Å²) in [6, 6.07) is 0. The van der Waals surface area contributed by atoms with Crippen molar-refractivity contribution in [3.8, 4) is 0 Å². The van der Waals surface area contributed by atoms with E-state index in [1.165, 1.54) is 4.68 Å². The average molecular weight is 284 g/mol. The first kappa shape index (κ1) is 16.4. The summed E-state index contributed by atoms with van der Waals surface area (Å²) in [5.74, 6) is 0.360. The molecule has 0 aromatic carbocycles. The van der Waals surface area contributed by atoms with E-state index in [1.807, 2.05) is 20.8 Å². The smallest absolute Gasteiger partial charge is 0.333 e. The fraction of sp³-hybridized carbons (Fsp3) is 0.769. The molecule has 20 heavy (non-hydrogen) atoms. The van der Waals surface area contributed by atoms with Crippen molar-refractivity contribution in [1.82, 2.24) is 9.78 Å². The number of aliphatic hydroxyl groups is 1. The molecule has 0 saturated carbocycles. The molecule has 1 heterocycles. The van der Waals surface area contributed by atoms with Gasteiger partial charge < -0.3 is 10.4 Å². The monoisotopic (exact) mass is 284 g/mol. The van der Waals surface area contributed by atoms with Crippen molar-refractivity contribution in [2.45, 2.75) is 52.1 Å².